The lowest BCUT2D eigenvalue weighted by atomic mass is 10.2. The molecule has 1 aromatic carbocycles. The van der Waals surface area contributed by atoms with E-state index in [-0.39, 0.29) is 24.0 Å². The molecule has 0 amide bonds. The first kappa shape index (κ1) is 20.9. The van der Waals surface area contributed by atoms with E-state index in [9.17, 15) is 8.78 Å². The SMILES string of the molecule is CN=C(NCCOc1ccc(F)c(F)c1)N1CCC(N2CC=CC2)C1.I. The molecule has 2 heterocycles. The third-order valence-corrected chi connectivity index (χ3v) is 4.58. The van der Waals surface area contributed by atoms with Crippen molar-refractivity contribution in [1.82, 2.24) is 15.1 Å². The van der Waals surface area contributed by atoms with Crippen LogP contribution in [0.4, 0.5) is 8.78 Å². The Morgan fingerprint density at radius 1 is 1.27 bits per heavy atom. The number of hydrogen-bond acceptors (Lipinski definition) is 3. The predicted octanol–water partition coefficient (Wildman–Crippen LogP) is 2.48. The maximum absolute atomic E-state index is 13.1. The number of rotatable bonds is 5. The minimum absolute atomic E-state index is 0. The van der Waals surface area contributed by atoms with Gasteiger partial charge in [-0.1, -0.05) is 12.2 Å². The third-order valence-electron chi connectivity index (χ3n) is 4.58. The summed E-state index contributed by atoms with van der Waals surface area (Å²) in [7, 11) is 1.77. The smallest absolute Gasteiger partial charge is 0.193 e. The average Bonchev–Trinajstić information content (AvgIpc) is 3.29. The van der Waals surface area contributed by atoms with E-state index in [0.717, 1.165) is 50.7 Å². The molecule has 0 spiro atoms. The minimum Gasteiger partial charge on any atom is -0.492 e. The molecule has 0 aliphatic carbocycles. The van der Waals surface area contributed by atoms with Gasteiger partial charge in [0.1, 0.15) is 12.4 Å². The predicted molar refractivity (Wildman–Crippen MR) is 109 cm³/mol. The lowest BCUT2D eigenvalue weighted by molar-refractivity contribution is 0.259. The monoisotopic (exact) mass is 478 g/mol. The van der Waals surface area contributed by atoms with E-state index in [1.54, 1.807) is 7.05 Å². The van der Waals surface area contributed by atoms with Crippen molar-refractivity contribution < 1.29 is 13.5 Å². The Labute approximate surface area is 170 Å². The Kier molecular flexibility index (Phi) is 8.08. The van der Waals surface area contributed by atoms with Crippen LogP contribution in [-0.4, -0.2) is 68.2 Å². The second-order valence-electron chi connectivity index (χ2n) is 6.21. The highest BCUT2D eigenvalue weighted by Gasteiger charge is 2.29. The van der Waals surface area contributed by atoms with E-state index in [4.69, 9.17) is 4.74 Å². The van der Waals surface area contributed by atoms with Gasteiger partial charge in [0.05, 0.1) is 6.54 Å². The van der Waals surface area contributed by atoms with E-state index in [0.29, 0.717) is 24.9 Å². The fourth-order valence-electron chi connectivity index (χ4n) is 3.26. The van der Waals surface area contributed by atoms with Crippen LogP contribution >= 0.6 is 24.0 Å². The molecule has 0 aromatic heterocycles. The summed E-state index contributed by atoms with van der Waals surface area (Å²) in [5.74, 6) is -0.606. The van der Waals surface area contributed by atoms with Gasteiger partial charge in [-0.2, -0.15) is 0 Å². The molecule has 5 nitrogen and oxygen atoms in total. The fourth-order valence-corrected chi connectivity index (χ4v) is 3.26. The molecular formula is C18H25F2IN4O. The number of nitrogens with zero attached hydrogens (tertiary/aromatic N) is 3. The third kappa shape index (κ3) is 5.29. The highest BCUT2D eigenvalue weighted by Crippen LogP contribution is 2.18. The van der Waals surface area contributed by atoms with Crippen molar-refractivity contribution in [3.8, 4) is 5.75 Å². The molecule has 1 unspecified atom stereocenters. The maximum atomic E-state index is 13.1. The molecule has 0 saturated carbocycles. The lowest BCUT2D eigenvalue weighted by Crippen LogP contribution is -2.43. The van der Waals surface area contributed by atoms with Gasteiger partial charge in [-0.25, -0.2) is 8.78 Å². The number of hydrogen-bond donors (Lipinski definition) is 1. The Bertz CT molecular complexity index is 648. The van der Waals surface area contributed by atoms with E-state index in [1.807, 2.05) is 0 Å². The van der Waals surface area contributed by atoms with Gasteiger partial charge >= 0.3 is 0 Å². The van der Waals surface area contributed by atoms with Crippen LogP contribution in [0, 0.1) is 11.6 Å². The Balaban J connectivity index is 0.00000243. The van der Waals surface area contributed by atoms with Crippen molar-refractivity contribution in [1.29, 1.82) is 0 Å². The zero-order valence-electron chi connectivity index (χ0n) is 14.8. The first-order valence-electron chi connectivity index (χ1n) is 8.60. The normalized spacial score (nSPS) is 20.3. The average molecular weight is 478 g/mol. The Morgan fingerprint density at radius 3 is 2.73 bits per heavy atom. The highest BCUT2D eigenvalue weighted by atomic mass is 127. The Morgan fingerprint density at radius 2 is 2.04 bits per heavy atom. The van der Waals surface area contributed by atoms with E-state index in [1.165, 1.54) is 6.07 Å². The van der Waals surface area contributed by atoms with Gasteiger partial charge in [0.25, 0.3) is 0 Å². The summed E-state index contributed by atoms with van der Waals surface area (Å²) >= 11 is 0. The van der Waals surface area contributed by atoms with Crippen LogP contribution in [0.1, 0.15) is 6.42 Å². The number of aliphatic imine (C=N–C) groups is 1. The zero-order valence-corrected chi connectivity index (χ0v) is 17.2. The first-order valence-corrected chi connectivity index (χ1v) is 8.60. The minimum atomic E-state index is -0.902. The summed E-state index contributed by atoms with van der Waals surface area (Å²) in [4.78, 5) is 9.06. The molecule has 8 heteroatoms. The second-order valence-corrected chi connectivity index (χ2v) is 6.21. The second kappa shape index (κ2) is 10.1. The Hall–Kier alpha value is -1.42. The van der Waals surface area contributed by atoms with Gasteiger partial charge in [-0.15, -0.1) is 24.0 Å². The topological polar surface area (TPSA) is 40.1 Å². The van der Waals surface area contributed by atoms with Crippen LogP contribution in [0.15, 0.2) is 35.3 Å². The summed E-state index contributed by atoms with van der Waals surface area (Å²) in [6.07, 6.45) is 5.56. The molecule has 0 bridgehead atoms. The maximum Gasteiger partial charge on any atom is 0.193 e. The molecule has 26 heavy (non-hydrogen) atoms. The molecule has 1 N–H and O–H groups in total. The molecule has 1 fully saturated rings. The lowest BCUT2D eigenvalue weighted by Gasteiger charge is -2.25. The number of guanidine groups is 1. The molecule has 1 saturated heterocycles. The van der Waals surface area contributed by atoms with Crippen LogP contribution in [0.5, 0.6) is 5.75 Å². The van der Waals surface area contributed by atoms with E-state index in [2.05, 4.69) is 32.3 Å². The van der Waals surface area contributed by atoms with E-state index < -0.39 is 11.6 Å². The van der Waals surface area contributed by atoms with E-state index >= 15 is 0 Å². The van der Waals surface area contributed by atoms with Gasteiger partial charge in [0.2, 0.25) is 0 Å². The van der Waals surface area contributed by atoms with Crippen molar-refractivity contribution in [3.63, 3.8) is 0 Å². The van der Waals surface area contributed by atoms with Gasteiger partial charge < -0.3 is 15.0 Å². The fraction of sp³-hybridized carbons (Fsp3) is 0.500. The van der Waals surface area contributed by atoms with Gasteiger partial charge in [-0.05, 0) is 18.6 Å². The summed E-state index contributed by atoms with van der Waals surface area (Å²) in [6, 6.07) is 4.10. The molecular weight excluding hydrogens is 453 g/mol. The van der Waals surface area contributed by atoms with Gasteiger partial charge in [0.15, 0.2) is 17.6 Å². The van der Waals surface area contributed by atoms with Crippen LogP contribution in [0.3, 0.4) is 0 Å². The first-order chi connectivity index (χ1) is 12.2. The molecule has 0 radical (unpaired) electrons. The molecule has 144 valence electrons. The van der Waals surface area contributed by atoms with Crippen molar-refractivity contribution in [2.24, 2.45) is 4.99 Å². The number of likely N-dealkylation sites (tertiary alicyclic amines) is 1. The highest BCUT2D eigenvalue weighted by molar-refractivity contribution is 14.0. The van der Waals surface area contributed by atoms with Crippen LogP contribution < -0.4 is 10.1 Å². The van der Waals surface area contributed by atoms with Gasteiger partial charge in [-0.3, -0.25) is 9.89 Å². The van der Waals surface area contributed by atoms with Crippen molar-refractivity contribution in [2.45, 2.75) is 12.5 Å². The van der Waals surface area contributed by atoms with Crippen molar-refractivity contribution >= 4 is 29.9 Å². The number of ether oxygens (including phenoxy) is 1. The van der Waals surface area contributed by atoms with Crippen LogP contribution in [-0.2, 0) is 0 Å². The van der Waals surface area contributed by atoms with Gasteiger partial charge in [0, 0.05) is 45.3 Å². The quantitative estimate of drug-likeness (QED) is 0.232. The zero-order chi connectivity index (χ0) is 17.6. The largest absolute Gasteiger partial charge is 0.492 e. The van der Waals surface area contributed by atoms with Crippen LogP contribution in [0.2, 0.25) is 0 Å². The molecule has 3 rings (SSSR count). The summed E-state index contributed by atoms with van der Waals surface area (Å²) in [5.41, 5.74) is 0. The standard InChI is InChI=1S/C18H24F2N4O.HI/c1-21-18(24-10-6-14(13-24)23-8-2-3-9-23)22-7-11-25-15-4-5-16(19)17(20)12-15;/h2-5,12,14H,6-11,13H2,1H3,(H,21,22);1H. The summed E-state index contributed by atoms with van der Waals surface area (Å²) in [5, 5.41) is 3.27. The number of nitrogens with one attached hydrogen (secondary N) is 1. The molecule has 1 aromatic rings. The summed E-state index contributed by atoms with van der Waals surface area (Å²) in [6.45, 7) is 4.89. The molecule has 1 atom stereocenters. The molecule has 2 aliphatic heterocycles. The molecule has 2 aliphatic rings. The van der Waals surface area contributed by atoms with Crippen molar-refractivity contribution in [2.75, 3.05) is 46.4 Å². The number of benzene rings is 1. The number of halogens is 3. The van der Waals surface area contributed by atoms with Crippen LogP contribution in [0.25, 0.3) is 0 Å². The summed E-state index contributed by atoms with van der Waals surface area (Å²) < 4.78 is 31.5. The van der Waals surface area contributed by atoms with Crippen molar-refractivity contribution in [3.05, 3.63) is 42.0 Å².